The summed E-state index contributed by atoms with van der Waals surface area (Å²) in [5.41, 5.74) is -0.0515. The minimum atomic E-state index is -0.225. The standard InChI is InChI=1S/C14H27N3O2/c1-13(2,3)10-14(4,5)15-12(19)17-8-6-16(11-18)7-9-17/h11H,6-10H2,1-5H3,(H,15,19). The van der Waals surface area contributed by atoms with Gasteiger partial charge in [0, 0.05) is 31.7 Å². The van der Waals surface area contributed by atoms with E-state index in [1.807, 2.05) is 0 Å². The summed E-state index contributed by atoms with van der Waals surface area (Å²) in [4.78, 5) is 26.3. The Bertz CT molecular complexity index is 326. The molecule has 0 aromatic carbocycles. The lowest BCUT2D eigenvalue weighted by Gasteiger charge is -2.38. The first kappa shape index (κ1) is 15.8. The molecule has 0 bridgehead atoms. The molecule has 0 saturated carbocycles. The number of carbonyl (C=O) groups excluding carboxylic acids is 2. The normalized spacial score (nSPS) is 17.3. The summed E-state index contributed by atoms with van der Waals surface area (Å²) in [5, 5.41) is 3.10. The van der Waals surface area contributed by atoms with Crippen LogP contribution in [0, 0.1) is 5.41 Å². The van der Waals surface area contributed by atoms with E-state index in [2.05, 4.69) is 39.9 Å². The zero-order valence-electron chi connectivity index (χ0n) is 12.8. The zero-order valence-corrected chi connectivity index (χ0v) is 12.8. The van der Waals surface area contributed by atoms with Crippen LogP contribution in [0.3, 0.4) is 0 Å². The van der Waals surface area contributed by atoms with Crippen molar-refractivity contribution in [2.45, 2.75) is 46.6 Å². The first-order valence-corrected chi connectivity index (χ1v) is 6.89. The van der Waals surface area contributed by atoms with Crippen molar-refractivity contribution in [1.82, 2.24) is 15.1 Å². The first-order valence-electron chi connectivity index (χ1n) is 6.89. The number of carbonyl (C=O) groups is 2. The van der Waals surface area contributed by atoms with Crippen molar-refractivity contribution in [3.63, 3.8) is 0 Å². The fraction of sp³-hybridized carbons (Fsp3) is 0.857. The maximum atomic E-state index is 12.2. The van der Waals surface area contributed by atoms with Crippen molar-refractivity contribution < 1.29 is 9.59 Å². The summed E-state index contributed by atoms with van der Waals surface area (Å²) < 4.78 is 0. The number of rotatable bonds is 3. The number of nitrogens with one attached hydrogen (secondary N) is 1. The maximum absolute atomic E-state index is 12.2. The fourth-order valence-electron chi connectivity index (χ4n) is 2.77. The zero-order chi connectivity index (χ0) is 14.7. The third-order valence-electron chi connectivity index (χ3n) is 3.17. The lowest BCUT2D eigenvalue weighted by molar-refractivity contribution is -0.119. The van der Waals surface area contributed by atoms with Gasteiger partial charge in [0.25, 0.3) is 0 Å². The van der Waals surface area contributed by atoms with Crippen molar-refractivity contribution in [3.05, 3.63) is 0 Å². The molecule has 0 unspecified atom stereocenters. The molecule has 1 aliphatic heterocycles. The average molecular weight is 269 g/mol. The lowest BCUT2D eigenvalue weighted by Crippen LogP contribution is -2.56. The van der Waals surface area contributed by atoms with Gasteiger partial charge in [-0.25, -0.2) is 4.79 Å². The topological polar surface area (TPSA) is 52.7 Å². The average Bonchev–Trinajstić information content (AvgIpc) is 2.25. The van der Waals surface area contributed by atoms with Crippen LogP contribution in [0.15, 0.2) is 0 Å². The van der Waals surface area contributed by atoms with E-state index >= 15 is 0 Å². The Morgan fingerprint density at radius 2 is 1.63 bits per heavy atom. The van der Waals surface area contributed by atoms with E-state index in [4.69, 9.17) is 0 Å². The van der Waals surface area contributed by atoms with Crippen LogP contribution in [0.25, 0.3) is 0 Å². The molecule has 1 heterocycles. The van der Waals surface area contributed by atoms with Gasteiger partial charge < -0.3 is 15.1 Å². The van der Waals surface area contributed by atoms with Crippen molar-refractivity contribution in [3.8, 4) is 0 Å². The van der Waals surface area contributed by atoms with Gasteiger partial charge in [-0.2, -0.15) is 0 Å². The molecule has 3 amide bonds. The Labute approximate surface area is 116 Å². The van der Waals surface area contributed by atoms with Gasteiger partial charge in [0.05, 0.1) is 0 Å². The largest absolute Gasteiger partial charge is 0.342 e. The van der Waals surface area contributed by atoms with E-state index < -0.39 is 0 Å². The van der Waals surface area contributed by atoms with Crippen LogP contribution in [-0.2, 0) is 4.79 Å². The van der Waals surface area contributed by atoms with Crippen LogP contribution in [-0.4, -0.2) is 54.0 Å². The number of hydrogen-bond acceptors (Lipinski definition) is 2. The molecule has 0 aliphatic carbocycles. The molecular formula is C14H27N3O2. The number of hydrogen-bond donors (Lipinski definition) is 1. The molecule has 1 saturated heterocycles. The Kier molecular flexibility index (Phi) is 4.82. The Morgan fingerprint density at radius 3 is 2.05 bits per heavy atom. The quantitative estimate of drug-likeness (QED) is 0.793. The predicted molar refractivity (Wildman–Crippen MR) is 75.9 cm³/mol. The van der Waals surface area contributed by atoms with Crippen LogP contribution in [0.4, 0.5) is 4.79 Å². The van der Waals surface area contributed by atoms with Gasteiger partial charge in [0.1, 0.15) is 0 Å². The molecule has 1 N–H and O–H groups in total. The molecule has 1 fully saturated rings. The Balaban J connectivity index is 2.48. The second-order valence-corrected chi connectivity index (χ2v) is 7.18. The van der Waals surface area contributed by atoms with E-state index in [9.17, 15) is 9.59 Å². The SMILES string of the molecule is CC(C)(C)CC(C)(C)NC(=O)N1CCN(C=O)CC1. The minimum absolute atomic E-state index is 0.0280. The van der Waals surface area contributed by atoms with Gasteiger partial charge in [0.15, 0.2) is 0 Å². The van der Waals surface area contributed by atoms with E-state index in [-0.39, 0.29) is 17.0 Å². The molecule has 0 radical (unpaired) electrons. The fourth-order valence-corrected chi connectivity index (χ4v) is 2.77. The second-order valence-electron chi connectivity index (χ2n) is 7.18. The van der Waals surface area contributed by atoms with Crippen LogP contribution < -0.4 is 5.32 Å². The van der Waals surface area contributed by atoms with E-state index in [0.29, 0.717) is 26.2 Å². The van der Waals surface area contributed by atoms with Gasteiger partial charge in [-0.15, -0.1) is 0 Å². The predicted octanol–water partition coefficient (Wildman–Crippen LogP) is 1.68. The van der Waals surface area contributed by atoms with E-state index in [0.717, 1.165) is 12.8 Å². The van der Waals surface area contributed by atoms with Crippen molar-refractivity contribution in [1.29, 1.82) is 0 Å². The molecule has 1 rings (SSSR count). The molecule has 0 atom stereocenters. The van der Waals surface area contributed by atoms with Crippen LogP contribution in [0.2, 0.25) is 0 Å². The van der Waals surface area contributed by atoms with Gasteiger partial charge >= 0.3 is 6.03 Å². The molecule has 0 spiro atoms. The summed E-state index contributed by atoms with van der Waals surface area (Å²) in [5.74, 6) is 0. The van der Waals surface area contributed by atoms with Crippen LogP contribution in [0.5, 0.6) is 0 Å². The molecule has 5 heteroatoms. The number of urea groups is 1. The second kappa shape index (κ2) is 5.80. The third-order valence-corrected chi connectivity index (χ3v) is 3.17. The van der Waals surface area contributed by atoms with Gasteiger partial charge in [-0.3, -0.25) is 4.79 Å². The molecule has 5 nitrogen and oxygen atoms in total. The monoisotopic (exact) mass is 269 g/mol. The summed E-state index contributed by atoms with van der Waals surface area (Å²) in [6.07, 6.45) is 1.76. The van der Waals surface area contributed by atoms with Crippen molar-refractivity contribution in [2.75, 3.05) is 26.2 Å². The molecule has 110 valence electrons. The number of piperazine rings is 1. The lowest BCUT2D eigenvalue weighted by atomic mass is 9.82. The highest BCUT2D eigenvalue weighted by Crippen LogP contribution is 2.26. The highest BCUT2D eigenvalue weighted by atomic mass is 16.2. The van der Waals surface area contributed by atoms with Crippen molar-refractivity contribution >= 4 is 12.4 Å². The van der Waals surface area contributed by atoms with Gasteiger partial charge in [-0.05, 0) is 25.7 Å². The third kappa shape index (κ3) is 5.49. The maximum Gasteiger partial charge on any atom is 0.317 e. The molecule has 0 aromatic rings. The Hall–Kier alpha value is -1.26. The van der Waals surface area contributed by atoms with Crippen LogP contribution >= 0.6 is 0 Å². The van der Waals surface area contributed by atoms with Gasteiger partial charge in [-0.1, -0.05) is 20.8 Å². The molecule has 19 heavy (non-hydrogen) atoms. The summed E-state index contributed by atoms with van der Waals surface area (Å²) in [7, 11) is 0. The first-order chi connectivity index (χ1) is 8.63. The molecular weight excluding hydrogens is 242 g/mol. The number of nitrogens with zero attached hydrogens (tertiary/aromatic N) is 2. The smallest absolute Gasteiger partial charge is 0.317 e. The summed E-state index contributed by atoms with van der Waals surface area (Å²) in [6, 6.07) is -0.0280. The highest BCUT2D eigenvalue weighted by Gasteiger charge is 2.29. The van der Waals surface area contributed by atoms with Gasteiger partial charge in [0.2, 0.25) is 6.41 Å². The van der Waals surface area contributed by atoms with E-state index in [1.54, 1.807) is 9.80 Å². The van der Waals surface area contributed by atoms with Crippen molar-refractivity contribution in [2.24, 2.45) is 5.41 Å². The number of amides is 3. The molecule has 1 aliphatic rings. The highest BCUT2D eigenvalue weighted by molar-refractivity contribution is 5.75. The molecule has 0 aromatic heterocycles. The summed E-state index contributed by atoms with van der Waals surface area (Å²) >= 11 is 0. The van der Waals surface area contributed by atoms with E-state index in [1.165, 1.54) is 0 Å². The minimum Gasteiger partial charge on any atom is -0.342 e. The Morgan fingerprint density at radius 1 is 1.11 bits per heavy atom. The van der Waals surface area contributed by atoms with Crippen LogP contribution in [0.1, 0.15) is 41.0 Å². The summed E-state index contributed by atoms with van der Waals surface area (Å²) in [6.45, 7) is 13.1.